The number of thiocarbonyl (C=S) groups is 1. The van der Waals surface area contributed by atoms with Gasteiger partial charge in [-0.2, -0.15) is 0 Å². The first-order valence-electron chi connectivity index (χ1n) is 8.91. The van der Waals surface area contributed by atoms with Crippen molar-refractivity contribution in [3.8, 4) is 11.5 Å². The zero-order valence-electron chi connectivity index (χ0n) is 16.6. The summed E-state index contributed by atoms with van der Waals surface area (Å²) < 4.78 is 12.3. The molecule has 0 saturated carbocycles. The van der Waals surface area contributed by atoms with Crippen LogP contribution in [0.5, 0.6) is 11.5 Å². The molecule has 0 bridgehead atoms. The van der Waals surface area contributed by atoms with E-state index in [9.17, 15) is 4.79 Å². The van der Waals surface area contributed by atoms with E-state index in [1.807, 2.05) is 68.4 Å². The summed E-state index contributed by atoms with van der Waals surface area (Å²) in [6.07, 6.45) is 1.82. The zero-order chi connectivity index (χ0) is 21.1. The fraction of sp³-hybridized carbons (Fsp3) is 0.238. The van der Waals surface area contributed by atoms with Crippen molar-refractivity contribution in [3.63, 3.8) is 0 Å². The fourth-order valence-electron chi connectivity index (χ4n) is 2.82. The summed E-state index contributed by atoms with van der Waals surface area (Å²) in [6.45, 7) is 2.45. The highest BCUT2D eigenvalue weighted by atomic mass is 79.9. The topological polar surface area (TPSA) is 42.0 Å². The van der Waals surface area contributed by atoms with Crippen LogP contribution in [0.4, 0.5) is 11.4 Å². The molecule has 1 heterocycles. The Kier molecular flexibility index (Phi) is 6.87. The number of nitrogens with zero attached hydrogens (tertiary/aromatic N) is 2. The lowest BCUT2D eigenvalue weighted by molar-refractivity contribution is -0.113. The Morgan fingerprint density at radius 3 is 2.48 bits per heavy atom. The Morgan fingerprint density at radius 2 is 1.90 bits per heavy atom. The third-order valence-corrected chi connectivity index (χ3v) is 6.28. The minimum absolute atomic E-state index is 0.141. The molecule has 5 nitrogen and oxygen atoms in total. The number of methoxy groups -OCH3 is 1. The van der Waals surface area contributed by atoms with Crippen molar-refractivity contribution in [3.05, 3.63) is 51.3 Å². The van der Waals surface area contributed by atoms with E-state index >= 15 is 0 Å². The second kappa shape index (κ2) is 9.19. The van der Waals surface area contributed by atoms with E-state index in [0.717, 1.165) is 21.4 Å². The molecule has 8 heteroatoms. The van der Waals surface area contributed by atoms with E-state index in [0.29, 0.717) is 27.3 Å². The molecule has 1 saturated heterocycles. The predicted molar refractivity (Wildman–Crippen MR) is 128 cm³/mol. The van der Waals surface area contributed by atoms with E-state index in [1.54, 1.807) is 12.0 Å². The molecule has 2 aromatic rings. The Hall–Kier alpha value is -2.03. The number of hydrogen-bond donors (Lipinski definition) is 0. The van der Waals surface area contributed by atoms with Crippen LogP contribution in [-0.4, -0.2) is 38.0 Å². The van der Waals surface area contributed by atoms with Gasteiger partial charge in [-0.05, 0) is 55.0 Å². The molecule has 29 heavy (non-hydrogen) atoms. The molecule has 0 spiro atoms. The Balaban J connectivity index is 1.92. The van der Waals surface area contributed by atoms with Crippen LogP contribution < -0.4 is 19.3 Å². The van der Waals surface area contributed by atoms with Gasteiger partial charge in [-0.3, -0.25) is 9.69 Å². The molecule has 0 unspecified atom stereocenters. The molecular formula is C21H21BrN2O3S2. The van der Waals surface area contributed by atoms with Gasteiger partial charge in [0.15, 0.2) is 15.8 Å². The van der Waals surface area contributed by atoms with Crippen LogP contribution in [0.1, 0.15) is 12.5 Å². The van der Waals surface area contributed by atoms with E-state index in [2.05, 4.69) is 15.9 Å². The number of carbonyl (C=O) groups is 1. The van der Waals surface area contributed by atoms with Gasteiger partial charge in [0.1, 0.15) is 0 Å². The number of ether oxygens (including phenoxy) is 2. The van der Waals surface area contributed by atoms with Gasteiger partial charge >= 0.3 is 0 Å². The lowest BCUT2D eigenvalue weighted by Crippen LogP contribution is -2.27. The van der Waals surface area contributed by atoms with Gasteiger partial charge in [-0.15, -0.1) is 0 Å². The average Bonchev–Trinajstić information content (AvgIpc) is 2.97. The van der Waals surface area contributed by atoms with E-state index in [-0.39, 0.29) is 5.91 Å². The molecule has 2 aromatic carbocycles. The molecule has 1 amide bonds. The molecule has 1 aliphatic rings. The highest BCUT2D eigenvalue weighted by molar-refractivity contribution is 9.10. The van der Waals surface area contributed by atoms with Gasteiger partial charge in [0.25, 0.3) is 5.91 Å². The SMILES string of the molecule is CCOc1cc(Br)c(/C=C2/SC(=S)N(c3ccc(N(C)C)cc3)C2=O)cc1OC. The van der Waals surface area contributed by atoms with Gasteiger partial charge in [0.2, 0.25) is 0 Å². The molecule has 0 radical (unpaired) electrons. The summed E-state index contributed by atoms with van der Waals surface area (Å²) in [6, 6.07) is 11.4. The molecule has 0 aliphatic carbocycles. The van der Waals surface area contributed by atoms with Crippen molar-refractivity contribution in [1.82, 2.24) is 0 Å². The van der Waals surface area contributed by atoms with E-state index in [1.165, 1.54) is 11.8 Å². The number of halogens is 1. The van der Waals surface area contributed by atoms with Crippen molar-refractivity contribution < 1.29 is 14.3 Å². The summed E-state index contributed by atoms with van der Waals surface area (Å²) >= 11 is 10.3. The number of hydrogen-bond acceptors (Lipinski definition) is 6. The maximum atomic E-state index is 13.0. The lowest BCUT2D eigenvalue weighted by Gasteiger charge is -2.17. The van der Waals surface area contributed by atoms with Crippen LogP contribution in [0.2, 0.25) is 0 Å². The van der Waals surface area contributed by atoms with E-state index in [4.69, 9.17) is 21.7 Å². The molecule has 1 aliphatic heterocycles. The standard InChI is InChI=1S/C21H21BrN2O3S2/c1-5-27-18-12-16(22)13(10-17(18)26-4)11-19-20(25)24(21(28)29-19)15-8-6-14(7-9-15)23(2)3/h6-12H,5H2,1-4H3/b19-11+. The predicted octanol–water partition coefficient (Wildman–Crippen LogP) is 5.33. The number of carbonyl (C=O) groups excluding carboxylic acids is 1. The maximum absolute atomic E-state index is 13.0. The van der Waals surface area contributed by atoms with E-state index < -0.39 is 0 Å². The summed E-state index contributed by atoms with van der Waals surface area (Å²) in [5, 5.41) is 0. The van der Waals surface area contributed by atoms with Gasteiger partial charge in [-0.25, -0.2) is 0 Å². The number of anilines is 2. The molecule has 0 aromatic heterocycles. The summed E-state index contributed by atoms with van der Waals surface area (Å²) in [5.74, 6) is 1.11. The molecule has 0 atom stereocenters. The van der Waals surface area contributed by atoms with Crippen molar-refractivity contribution >= 4 is 67.6 Å². The second-order valence-corrected chi connectivity index (χ2v) is 8.92. The third-order valence-electron chi connectivity index (χ3n) is 4.29. The highest BCUT2D eigenvalue weighted by Crippen LogP contribution is 2.39. The van der Waals surface area contributed by atoms with Crippen LogP contribution in [0.25, 0.3) is 6.08 Å². The summed E-state index contributed by atoms with van der Waals surface area (Å²) in [5.41, 5.74) is 2.62. The van der Waals surface area contributed by atoms with Crippen molar-refractivity contribution in [2.75, 3.05) is 37.6 Å². The van der Waals surface area contributed by atoms with Crippen LogP contribution in [0.15, 0.2) is 45.8 Å². The molecule has 0 N–H and O–H groups in total. The minimum Gasteiger partial charge on any atom is -0.493 e. The van der Waals surface area contributed by atoms with Gasteiger partial charge < -0.3 is 14.4 Å². The highest BCUT2D eigenvalue weighted by Gasteiger charge is 2.33. The van der Waals surface area contributed by atoms with Crippen LogP contribution >= 0.6 is 39.9 Å². The fourth-order valence-corrected chi connectivity index (χ4v) is 4.55. The zero-order valence-corrected chi connectivity index (χ0v) is 19.8. The Morgan fingerprint density at radius 1 is 1.21 bits per heavy atom. The first kappa shape index (κ1) is 21.7. The van der Waals surface area contributed by atoms with Crippen molar-refractivity contribution in [1.29, 1.82) is 0 Å². The first-order chi connectivity index (χ1) is 13.8. The summed E-state index contributed by atoms with van der Waals surface area (Å²) in [7, 11) is 5.53. The Labute approximate surface area is 188 Å². The smallest absolute Gasteiger partial charge is 0.270 e. The molecule has 3 rings (SSSR count). The quantitative estimate of drug-likeness (QED) is 0.401. The molecule has 1 fully saturated rings. The minimum atomic E-state index is -0.141. The molecular weight excluding hydrogens is 472 g/mol. The number of amides is 1. The second-order valence-electron chi connectivity index (χ2n) is 6.39. The van der Waals surface area contributed by atoms with Gasteiger partial charge in [0, 0.05) is 24.3 Å². The summed E-state index contributed by atoms with van der Waals surface area (Å²) in [4.78, 5) is 17.2. The molecule has 152 valence electrons. The number of thioether (sulfide) groups is 1. The van der Waals surface area contributed by atoms with Crippen LogP contribution in [0.3, 0.4) is 0 Å². The number of benzene rings is 2. The average molecular weight is 493 g/mol. The maximum Gasteiger partial charge on any atom is 0.270 e. The monoisotopic (exact) mass is 492 g/mol. The first-order valence-corrected chi connectivity index (χ1v) is 10.9. The van der Waals surface area contributed by atoms with Gasteiger partial charge in [-0.1, -0.05) is 39.9 Å². The third kappa shape index (κ3) is 4.60. The Bertz CT molecular complexity index is 975. The van der Waals surface area contributed by atoms with Crippen molar-refractivity contribution in [2.24, 2.45) is 0 Å². The largest absolute Gasteiger partial charge is 0.493 e. The van der Waals surface area contributed by atoms with Crippen LogP contribution in [0, 0.1) is 0 Å². The van der Waals surface area contributed by atoms with Crippen LogP contribution in [-0.2, 0) is 4.79 Å². The number of rotatable bonds is 6. The van der Waals surface area contributed by atoms with Gasteiger partial charge in [0.05, 0.1) is 24.3 Å². The van der Waals surface area contributed by atoms with Crippen molar-refractivity contribution in [2.45, 2.75) is 6.92 Å². The lowest BCUT2D eigenvalue weighted by atomic mass is 10.1. The normalized spacial score (nSPS) is 15.2.